The molecule has 1 aromatic heterocycles. The van der Waals surface area contributed by atoms with Crippen LogP contribution >= 0.6 is 11.8 Å². The molecule has 0 fully saturated rings. The van der Waals surface area contributed by atoms with Crippen LogP contribution in [0.2, 0.25) is 0 Å². The van der Waals surface area contributed by atoms with Gasteiger partial charge in [-0.3, -0.25) is 0 Å². The molecule has 0 aliphatic heterocycles. The largest absolute Gasteiger partial charge is 0.384 e. The molecular weight excluding hydrogens is 280 g/mol. The molecule has 1 heterocycles. The summed E-state index contributed by atoms with van der Waals surface area (Å²) in [7, 11) is 1.73. The highest BCUT2D eigenvalue weighted by Crippen LogP contribution is 2.23. The van der Waals surface area contributed by atoms with Crippen molar-refractivity contribution in [1.82, 2.24) is 4.98 Å². The van der Waals surface area contributed by atoms with Crippen LogP contribution in [0.1, 0.15) is 24.2 Å². The molecule has 0 aliphatic rings. The molecule has 1 aromatic carbocycles. The maximum Gasteiger partial charge on any atom is 0.126 e. The van der Waals surface area contributed by atoms with Crippen molar-refractivity contribution in [3.8, 4) is 0 Å². The van der Waals surface area contributed by atoms with Gasteiger partial charge >= 0.3 is 0 Å². The zero-order valence-electron chi connectivity index (χ0n) is 12.8. The van der Waals surface area contributed by atoms with Crippen molar-refractivity contribution in [1.29, 1.82) is 0 Å². The van der Waals surface area contributed by atoms with Crippen molar-refractivity contribution in [3.05, 3.63) is 53.7 Å². The molecule has 0 saturated heterocycles. The molecule has 0 amide bonds. The first kappa shape index (κ1) is 15.9. The molecule has 1 unspecified atom stereocenters. The van der Waals surface area contributed by atoms with Crippen molar-refractivity contribution in [2.24, 2.45) is 0 Å². The number of nitrogens with zero attached hydrogens (tertiary/aromatic N) is 1. The van der Waals surface area contributed by atoms with Crippen LogP contribution in [-0.2, 0) is 4.74 Å². The minimum Gasteiger partial charge on any atom is -0.384 e. The Morgan fingerprint density at radius 1 is 1.19 bits per heavy atom. The Morgan fingerprint density at radius 3 is 2.62 bits per heavy atom. The molecule has 112 valence electrons. The third kappa shape index (κ3) is 5.06. The number of rotatable bonds is 7. The third-order valence-electron chi connectivity index (χ3n) is 3.19. The highest BCUT2D eigenvalue weighted by atomic mass is 32.2. The molecule has 2 aromatic rings. The van der Waals surface area contributed by atoms with E-state index in [0.29, 0.717) is 0 Å². The maximum absolute atomic E-state index is 5.06. The van der Waals surface area contributed by atoms with Gasteiger partial charge in [-0.05, 0) is 43.7 Å². The second kappa shape index (κ2) is 8.05. The average molecular weight is 302 g/mol. The molecule has 0 saturated carbocycles. The topological polar surface area (TPSA) is 34.1 Å². The second-order valence-corrected chi connectivity index (χ2v) is 6.11. The Bertz CT molecular complexity index is 557. The number of hydrogen-bond acceptors (Lipinski definition) is 4. The molecular formula is C17H22N2OS. The first-order chi connectivity index (χ1) is 10.2. The van der Waals surface area contributed by atoms with Gasteiger partial charge in [0.2, 0.25) is 0 Å². The number of aryl methyl sites for hydroxylation is 1. The molecule has 0 spiro atoms. The van der Waals surface area contributed by atoms with E-state index in [2.05, 4.69) is 41.5 Å². The van der Waals surface area contributed by atoms with Gasteiger partial charge in [0.05, 0.1) is 6.61 Å². The predicted octanol–water partition coefficient (Wildman–Crippen LogP) is 4.30. The summed E-state index contributed by atoms with van der Waals surface area (Å²) in [5, 5.41) is 3.43. The molecule has 2 rings (SSSR count). The van der Waals surface area contributed by atoms with Crippen LogP contribution in [0.4, 0.5) is 5.82 Å². The highest BCUT2D eigenvalue weighted by molar-refractivity contribution is 7.99. The van der Waals surface area contributed by atoms with Gasteiger partial charge in [-0.1, -0.05) is 18.2 Å². The van der Waals surface area contributed by atoms with Gasteiger partial charge in [0.1, 0.15) is 5.82 Å². The van der Waals surface area contributed by atoms with Gasteiger partial charge in [0, 0.05) is 29.5 Å². The van der Waals surface area contributed by atoms with Gasteiger partial charge in [-0.25, -0.2) is 4.98 Å². The molecule has 3 nitrogen and oxygen atoms in total. The van der Waals surface area contributed by atoms with Gasteiger partial charge < -0.3 is 10.1 Å². The Labute approximate surface area is 131 Å². The van der Waals surface area contributed by atoms with Crippen LogP contribution in [0.15, 0.2) is 47.4 Å². The van der Waals surface area contributed by atoms with Crippen LogP contribution in [0.5, 0.6) is 0 Å². The third-order valence-corrected chi connectivity index (χ3v) is 4.17. The number of nitrogens with one attached hydrogen (secondary N) is 1. The van der Waals surface area contributed by atoms with Crippen LogP contribution < -0.4 is 5.32 Å². The first-order valence-electron chi connectivity index (χ1n) is 7.11. The summed E-state index contributed by atoms with van der Waals surface area (Å²) < 4.78 is 5.06. The van der Waals surface area contributed by atoms with Crippen molar-refractivity contribution in [3.63, 3.8) is 0 Å². The molecule has 1 N–H and O–H groups in total. The summed E-state index contributed by atoms with van der Waals surface area (Å²) >= 11 is 1.81. The molecule has 0 aliphatic carbocycles. The number of methoxy groups -OCH3 is 1. The maximum atomic E-state index is 5.06. The fraction of sp³-hybridized carbons (Fsp3) is 0.353. The standard InChI is InChI=1S/C17H22N2OS/c1-13-5-4-6-17(18-13)19-14(2)15-7-9-16(10-8-15)21-12-11-20-3/h4-10,14H,11-12H2,1-3H3,(H,18,19). The van der Waals surface area contributed by atoms with Crippen LogP contribution in [0, 0.1) is 6.92 Å². The van der Waals surface area contributed by atoms with Gasteiger partial charge in [-0.15, -0.1) is 11.8 Å². The molecule has 0 radical (unpaired) electrons. The second-order valence-electron chi connectivity index (χ2n) is 4.94. The summed E-state index contributed by atoms with van der Waals surface area (Å²) in [6.07, 6.45) is 0. The smallest absolute Gasteiger partial charge is 0.126 e. The lowest BCUT2D eigenvalue weighted by molar-refractivity contribution is 0.218. The van der Waals surface area contributed by atoms with Gasteiger partial charge in [-0.2, -0.15) is 0 Å². The van der Waals surface area contributed by atoms with Crippen LogP contribution in [0.3, 0.4) is 0 Å². The van der Waals surface area contributed by atoms with E-state index < -0.39 is 0 Å². The summed E-state index contributed by atoms with van der Waals surface area (Å²) in [6, 6.07) is 14.9. The fourth-order valence-corrected chi connectivity index (χ4v) is 2.84. The quantitative estimate of drug-likeness (QED) is 0.611. The Morgan fingerprint density at radius 2 is 1.95 bits per heavy atom. The molecule has 1 atom stereocenters. The number of benzene rings is 1. The van der Waals surface area contributed by atoms with E-state index >= 15 is 0 Å². The monoisotopic (exact) mass is 302 g/mol. The summed E-state index contributed by atoms with van der Waals surface area (Å²) in [4.78, 5) is 5.75. The van der Waals surface area contributed by atoms with E-state index in [0.717, 1.165) is 23.9 Å². The lowest BCUT2D eigenvalue weighted by Gasteiger charge is -2.15. The predicted molar refractivity (Wildman–Crippen MR) is 90.1 cm³/mol. The van der Waals surface area contributed by atoms with Crippen molar-refractivity contribution in [2.45, 2.75) is 24.8 Å². The van der Waals surface area contributed by atoms with E-state index in [1.807, 2.05) is 36.9 Å². The first-order valence-corrected chi connectivity index (χ1v) is 8.09. The Balaban J connectivity index is 1.94. The van der Waals surface area contributed by atoms with Crippen molar-refractivity contribution in [2.75, 3.05) is 24.8 Å². The number of ether oxygens (including phenoxy) is 1. The van der Waals surface area contributed by atoms with Crippen molar-refractivity contribution >= 4 is 17.6 Å². The van der Waals surface area contributed by atoms with E-state index in [1.165, 1.54) is 10.5 Å². The number of pyridine rings is 1. The summed E-state index contributed by atoms with van der Waals surface area (Å²) in [5.41, 5.74) is 2.28. The lowest BCUT2D eigenvalue weighted by Crippen LogP contribution is -2.08. The van der Waals surface area contributed by atoms with Gasteiger partial charge in [0.15, 0.2) is 0 Å². The fourth-order valence-electron chi connectivity index (χ4n) is 2.02. The van der Waals surface area contributed by atoms with Crippen LogP contribution in [-0.4, -0.2) is 24.5 Å². The minimum absolute atomic E-state index is 0.234. The van der Waals surface area contributed by atoms with Gasteiger partial charge in [0.25, 0.3) is 0 Å². The summed E-state index contributed by atoms with van der Waals surface area (Å²) in [5.74, 6) is 1.90. The zero-order chi connectivity index (χ0) is 15.1. The Hall–Kier alpha value is -1.52. The number of anilines is 1. The molecule has 4 heteroatoms. The van der Waals surface area contributed by atoms with Crippen molar-refractivity contribution < 1.29 is 4.74 Å². The molecule has 0 bridgehead atoms. The van der Waals surface area contributed by atoms with E-state index in [9.17, 15) is 0 Å². The zero-order valence-corrected chi connectivity index (χ0v) is 13.6. The minimum atomic E-state index is 0.234. The van der Waals surface area contributed by atoms with E-state index in [1.54, 1.807) is 7.11 Å². The SMILES string of the molecule is COCCSc1ccc(C(C)Nc2cccc(C)n2)cc1. The highest BCUT2D eigenvalue weighted by Gasteiger charge is 2.06. The average Bonchev–Trinajstić information content (AvgIpc) is 2.48. The molecule has 21 heavy (non-hydrogen) atoms. The number of hydrogen-bond donors (Lipinski definition) is 1. The lowest BCUT2D eigenvalue weighted by atomic mass is 10.1. The Kier molecular flexibility index (Phi) is 6.08. The normalized spacial score (nSPS) is 12.1. The van der Waals surface area contributed by atoms with E-state index in [4.69, 9.17) is 4.74 Å². The number of thioether (sulfide) groups is 1. The van der Waals surface area contributed by atoms with Crippen LogP contribution in [0.25, 0.3) is 0 Å². The van der Waals surface area contributed by atoms with E-state index in [-0.39, 0.29) is 6.04 Å². The number of aromatic nitrogens is 1. The summed E-state index contributed by atoms with van der Waals surface area (Å²) in [6.45, 7) is 4.93.